The number of rotatable bonds is 1. The number of benzene rings is 1. The number of hydrogen-bond donors (Lipinski definition) is 1. The molecule has 0 saturated heterocycles. The lowest BCUT2D eigenvalue weighted by molar-refractivity contribution is 1.30. The van der Waals surface area contributed by atoms with Gasteiger partial charge in [0, 0.05) is 21.5 Å². The van der Waals surface area contributed by atoms with Gasteiger partial charge in [-0.05, 0) is 28.7 Å². The number of aromatic nitrogens is 2. The third-order valence-corrected chi connectivity index (χ3v) is 2.57. The SMILES string of the molecule is Ic1ccccc1-c1ncc[nH]1. The van der Waals surface area contributed by atoms with Crippen LogP contribution in [0, 0.1) is 3.57 Å². The number of halogens is 1. The summed E-state index contributed by atoms with van der Waals surface area (Å²) >= 11 is 2.30. The standard InChI is InChI=1S/C9H7IN2/c10-8-4-2-1-3-7(8)9-11-5-6-12-9/h1-6H,(H,11,12). The molecule has 1 N–H and O–H groups in total. The first kappa shape index (κ1) is 7.79. The predicted molar refractivity (Wildman–Crippen MR) is 56.7 cm³/mol. The molecule has 0 fully saturated rings. The Kier molecular flexibility index (Phi) is 2.12. The number of hydrogen-bond acceptors (Lipinski definition) is 1. The van der Waals surface area contributed by atoms with Crippen molar-refractivity contribution in [3.63, 3.8) is 0 Å². The zero-order chi connectivity index (χ0) is 8.39. The maximum absolute atomic E-state index is 4.19. The normalized spacial score (nSPS) is 10.1. The van der Waals surface area contributed by atoms with Crippen LogP contribution in [0.3, 0.4) is 0 Å². The van der Waals surface area contributed by atoms with Crippen LogP contribution >= 0.6 is 22.6 Å². The minimum atomic E-state index is 0.931. The van der Waals surface area contributed by atoms with Crippen LogP contribution in [-0.4, -0.2) is 9.97 Å². The smallest absolute Gasteiger partial charge is 0.138 e. The van der Waals surface area contributed by atoms with Gasteiger partial charge in [-0.25, -0.2) is 4.98 Å². The summed E-state index contributed by atoms with van der Waals surface area (Å²) in [6, 6.07) is 8.16. The van der Waals surface area contributed by atoms with E-state index in [1.165, 1.54) is 3.57 Å². The summed E-state index contributed by atoms with van der Waals surface area (Å²) in [5, 5.41) is 0. The maximum Gasteiger partial charge on any atom is 0.138 e. The topological polar surface area (TPSA) is 28.7 Å². The van der Waals surface area contributed by atoms with Crippen LogP contribution in [0.2, 0.25) is 0 Å². The second-order valence-electron chi connectivity index (χ2n) is 2.42. The molecule has 12 heavy (non-hydrogen) atoms. The van der Waals surface area contributed by atoms with E-state index in [0.717, 1.165) is 11.4 Å². The molecule has 2 aromatic rings. The van der Waals surface area contributed by atoms with E-state index in [1.54, 1.807) is 6.20 Å². The van der Waals surface area contributed by atoms with Gasteiger partial charge in [-0.2, -0.15) is 0 Å². The number of aromatic amines is 1. The van der Waals surface area contributed by atoms with Crippen molar-refractivity contribution in [2.75, 3.05) is 0 Å². The van der Waals surface area contributed by atoms with Crippen molar-refractivity contribution in [1.29, 1.82) is 0 Å². The van der Waals surface area contributed by atoms with E-state index in [9.17, 15) is 0 Å². The van der Waals surface area contributed by atoms with E-state index in [2.05, 4.69) is 44.7 Å². The van der Waals surface area contributed by atoms with Crippen LogP contribution in [-0.2, 0) is 0 Å². The Morgan fingerprint density at radius 1 is 1.25 bits per heavy atom. The number of nitrogens with zero attached hydrogens (tertiary/aromatic N) is 1. The molecule has 0 atom stereocenters. The summed E-state index contributed by atoms with van der Waals surface area (Å²) in [7, 11) is 0. The molecule has 0 aliphatic heterocycles. The van der Waals surface area contributed by atoms with E-state index >= 15 is 0 Å². The third-order valence-electron chi connectivity index (χ3n) is 1.63. The Morgan fingerprint density at radius 2 is 2.08 bits per heavy atom. The first-order valence-electron chi connectivity index (χ1n) is 3.62. The minimum Gasteiger partial charge on any atom is -0.345 e. The molecule has 2 nitrogen and oxygen atoms in total. The quantitative estimate of drug-likeness (QED) is 0.793. The highest BCUT2D eigenvalue weighted by Gasteiger charge is 2.01. The summed E-state index contributed by atoms with van der Waals surface area (Å²) in [5.41, 5.74) is 1.16. The fourth-order valence-electron chi connectivity index (χ4n) is 1.07. The van der Waals surface area contributed by atoms with Gasteiger partial charge in [-0.3, -0.25) is 0 Å². The predicted octanol–water partition coefficient (Wildman–Crippen LogP) is 2.68. The van der Waals surface area contributed by atoms with Gasteiger partial charge in [0.2, 0.25) is 0 Å². The largest absolute Gasteiger partial charge is 0.345 e. The van der Waals surface area contributed by atoms with Crippen LogP contribution in [0.1, 0.15) is 0 Å². The zero-order valence-electron chi connectivity index (χ0n) is 6.29. The molecular weight excluding hydrogens is 263 g/mol. The zero-order valence-corrected chi connectivity index (χ0v) is 8.45. The van der Waals surface area contributed by atoms with Crippen molar-refractivity contribution >= 4 is 22.6 Å². The number of nitrogens with one attached hydrogen (secondary N) is 1. The van der Waals surface area contributed by atoms with Gasteiger partial charge in [0.25, 0.3) is 0 Å². The highest BCUT2D eigenvalue weighted by Crippen LogP contribution is 2.20. The fraction of sp³-hybridized carbons (Fsp3) is 0. The third kappa shape index (κ3) is 1.36. The van der Waals surface area contributed by atoms with Gasteiger partial charge in [-0.1, -0.05) is 18.2 Å². The summed E-state index contributed by atoms with van der Waals surface area (Å²) in [4.78, 5) is 7.27. The second kappa shape index (κ2) is 3.26. The van der Waals surface area contributed by atoms with Gasteiger partial charge < -0.3 is 4.98 Å². The fourth-order valence-corrected chi connectivity index (χ4v) is 1.71. The lowest BCUT2D eigenvalue weighted by Gasteiger charge is -1.98. The molecule has 60 valence electrons. The molecule has 0 bridgehead atoms. The maximum atomic E-state index is 4.19. The molecule has 2 rings (SSSR count). The van der Waals surface area contributed by atoms with Crippen LogP contribution in [0.15, 0.2) is 36.7 Å². The van der Waals surface area contributed by atoms with Crippen LogP contribution in [0.4, 0.5) is 0 Å². The van der Waals surface area contributed by atoms with Gasteiger partial charge in [-0.15, -0.1) is 0 Å². The molecule has 0 aliphatic rings. The van der Waals surface area contributed by atoms with Crippen molar-refractivity contribution in [2.45, 2.75) is 0 Å². The number of imidazole rings is 1. The first-order valence-corrected chi connectivity index (χ1v) is 4.70. The molecule has 0 unspecified atom stereocenters. The summed E-state index contributed by atoms with van der Waals surface area (Å²) < 4.78 is 1.21. The van der Waals surface area contributed by atoms with Gasteiger partial charge >= 0.3 is 0 Å². The molecule has 0 amide bonds. The minimum absolute atomic E-state index is 0.931. The Morgan fingerprint density at radius 3 is 2.75 bits per heavy atom. The lowest BCUT2D eigenvalue weighted by atomic mass is 10.2. The Hall–Kier alpha value is -0.840. The Bertz CT molecular complexity index is 368. The average molecular weight is 270 g/mol. The Balaban J connectivity index is 2.55. The molecule has 0 radical (unpaired) electrons. The molecule has 1 heterocycles. The summed E-state index contributed by atoms with van der Waals surface area (Å²) in [6.07, 6.45) is 3.59. The van der Waals surface area contributed by atoms with Crippen LogP contribution < -0.4 is 0 Å². The molecular formula is C9H7IN2. The second-order valence-corrected chi connectivity index (χ2v) is 3.58. The van der Waals surface area contributed by atoms with Crippen LogP contribution in [0.5, 0.6) is 0 Å². The molecule has 0 aliphatic carbocycles. The summed E-state index contributed by atoms with van der Waals surface area (Å²) in [5.74, 6) is 0.931. The first-order chi connectivity index (χ1) is 5.88. The van der Waals surface area contributed by atoms with E-state index in [4.69, 9.17) is 0 Å². The van der Waals surface area contributed by atoms with Crippen molar-refractivity contribution in [2.24, 2.45) is 0 Å². The Labute approximate surface area is 84.2 Å². The van der Waals surface area contributed by atoms with Gasteiger partial charge in [0.05, 0.1) is 0 Å². The highest BCUT2D eigenvalue weighted by atomic mass is 127. The molecule has 1 aromatic heterocycles. The van der Waals surface area contributed by atoms with Crippen molar-refractivity contribution in [3.8, 4) is 11.4 Å². The molecule has 1 aromatic carbocycles. The molecule has 0 spiro atoms. The molecule has 0 saturated carbocycles. The summed E-state index contributed by atoms with van der Waals surface area (Å²) in [6.45, 7) is 0. The highest BCUT2D eigenvalue weighted by molar-refractivity contribution is 14.1. The van der Waals surface area contributed by atoms with E-state index in [1.807, 2.05) is 18.3 Å². The van der Waals surface area contributed by atoms with Crippen LogP contribution in [0.25, 0.3) is 11.4 Å². The van der Waals surface area contributed by atoms with Gasteiger partial charge in [0.15, 0.2) is 0 Å². The van der Waals surface area contributed by atoms with E-state index in [-0.39, 0.29) is 0 Å². The average Bonchev–Trinajstić information content (AvgIpc) is 2.57. The number of H-pyrrole nitrogens is 1. The monoisotopic (exact) mass is 270 g/mol. The lowest BCUT2D eigenvalue weighted by Crippen LogP contribution is -1.83. The van der Waals surface area contributed by atoms with Gasteiger partial charge in [0.1, 0.15) is 5.82 Å². The van der Waals surface area contributed by atoms with Crippen molar-refractivity contribution in [1.82, 2.24) is 9.97 Å². The molecule has 3 heteroatoms. The van der Waals surface area contributed by atoms with E-state index in [0.29, 0.717) is 0 Å². The van der Waals surface area contributed by atoms with Crippen molar-refractivity contribution in [3.05, 3.63) is 40.2 Å². The van der Waals surface area contributed by atoms with E-state index < -0.39 is 0 Å². The van der Waals surface area contributed by atoms with Crippen molar-refractivity contribution < 1.29 is 0 Å².